The second-order valence-electron chi connectivity index (χ2n) is 7.04. The quantitative estimate of drug-likeness (QED) is 0.769. The van der Waals surface area contributed by atoms with E-state index in [1.807, 2.05) is 6.79 Å². The lowest BCUT2D eigenvalue weighted by atomic mass is 9.90. The number of hydrogen-bond donors (Lipinski definition) is 1. The highest BCUT2D eigenvalue weighted by atomic mass is 16.2. The molecule has 138 valence electrons. The topological polar surface area (TPSA) is 51.1 Å². The smallest absolute Gasteiger partial charge is 0.256 e. The molecule has 0 aliphatic carbocycles. The molecule has 26 heavy (non-hydrogen) atoms. The summed E-state index contributed by atoms with van der Waals surface area (Å²) in [4.78, 5) is 20.7. The van der Waals surface area contributed by atoms with Gasteiger partial charge in [-0.25, -0.2) is 0 Å². The van der Waals surface area contributed by atoms with Crippen LogP contribution in [0.2, 0.25) is 0 Å². The molecule has 3 rings (SSSR count). The Morgan fingerprint density at radius 1 is 0.808 bits per heavy atom. The SMILES string of the molecule is C=O.Cc1c(C)c(C)c2c(c1C)NC(=O)C2=Cc1c(C)c(C)c(C)n1C. The fraction of sp³-hybridized carbons (Fsp3) is 0.364. The van der Waals surface area contributed by atoms with E-state index < -0.39 is 0 Å². The molecule has 0 fully saturated rings. The third-order valence-electron chi connectivity index (χ3n) is 6.07. The van der Waals surface area contributed by atoms with E-state index in [0.717, 1.165) is 22.5 Å². The number of hydrogen-bond acceptors (Lipinski definition) is 2. The Kier molecular flexibility index (Phi) is 5.26. The van der Waals surface area contributed by atoms with Gasteiger partial charge in [0.05, 0.1) is 11.3 Å². The molecule has 0 saturated carbocycles. The molecule has 1 aromatic carbocycles. The number of carbonyl (C=O) groups is 2. The molecule has 1 aromatic heterocycles. The van der Waals surface area contributed by atoms with E-state index in [0.29, 0.717) is 0 Å². The van der Waals surface area contributed by atoms with E-state index in [-0.39, 0.29) is 5.91 Å². The van der Waals surface area contributed by atoms with Crippen molar-refractivity contribution >= 4 is 30.0 Å². The minimum Gasteiger partial charge on any atom is -0.348 e. The van der Waals surface area contributed by atoms with E-state index in [9.17, 15) is 4.79 Å². The first-order valence-corrected chi connectivity index (χ1v) is 8.71. The van der Waals surface area contributed by atoms with Gasteiger partial charge in [0.2, 0.25) is 0 Å². The molecular weight excluding hydrogens is 324 g/mol. The van der Waals surface area contributed by atoms with Gasteiger partial charge in [-0.1, -0.05) is 0 Å². The lowest BCUT2D eigenvalue weighted by Gasteiger charge is -2.15. The molecule has 2 heterocycles. The Hall–Kier alpha value is -2.62. The van der Waals surface area contributed by atoms with Gasteiger partial charge in [0, 0.05) is 24.0 Å². The first-order valence-electron chi connectivity index (χ1n) is 8.71. The van der Waals surface area contributed by atoms with Gasteiger partial charge in [-0.15, -0.1) is 0 Å². The van der Waals surface area contributed by atoms with Crippen LogP contribution >= 0.6 is 0 Å². The van der Waals surface area contributed by atoms with Crippen LogP contribution in [0.25, 0.3) is 11.6 Å². The van der Waals surface area contributed by atoms with Crippen molar-refractivity contribution in [2.45, 2.75) is 48.5 Å². The third-order valence-corrected chi connectivity index (χ3v) is 6.07. The van der Waals surface area contributed by atoms with Gasteiger partial charge in [0.1, 0.15) is 6.79 Å². The number of benzene rings is 1. The van der Waals surface area contributed by atoms with Crippen molar-refractivity contribution in [3.05, 3.63) is 50.3 Å². The first kappa shape index (κ1) is 19.7. The number of amides is 1. The van der Waals surface area contributed by atoms with Crippen LogP contribution in [0.3, 0.4) is 0 Å². The number of aromatic nitrogens is 1. The monoisotopic (exact) mass is 352 g/mol. The summed E-state index contributed by atoms with van der Waals surface area (Å²) in [5, 5.41) is 3.09. The Labute approximate surface area is 155 Å². The molecule has 0 spiro atoms. The highest BCUT2D eigenvalue weighted by Gasteiger charge is 2.30. The Bertz CT molecular complexity index is 921. The zero-order valence-electron chi connectivity index (χ0n) is 17.0. The third kappa shape index (κ3) is 2.70. The molecule has 1 N–H and O–H groups in total. The van der Waals surface area contributed by atoms with Gasteiger partial charge in [0.25, 0.3) is 5.91 Å². The maximum absolute atomic E-state index is 12.7. The fourth-order valence-electron chi connectivity index (χ4n) is 3.73. The highest BCUT2D eigenvalue weighted by Crippen LogP contribution is 2.41. The Morgan fingerprint density at radius 2 is 1.35 bits per heavy atom. The van der Waals surface area contributed by atoms with Gasteiger partial charge in [-0.2, -0.15) is 0 Å². The van der Waals surface area contributed by atoms with Crippen LogP contribution in [0.15, 0.2) is 0 Å². The number of carbonyl (C=O) groups excluding carboxylic acids is 2. The highest BCUT2D eigenvalue weighted by molar-refractivity contribution is 6.35. The van der Waals surface area contributed by atoms with Crippen LogP contribution in [0, 0.1) is 48.5 Å². The standard InChI is InChI=1S/C21H26N2O.CH2O/c1-10-11(2)15(6)20-19(14(10)5)17(21(24)22-20)9-18-13(4)12(3)16(7)23(18)8;1-2/h9H,1-8H3,(H,22,24);1H2. The zero-order chi connectivity index (χ0) is 19.9. The lowest BCUT2D eigenvalue weighted by molar-refractivity contribution is -0.110. The molecule has 4 nitrogen and oxygen atoms in total. The van der Waals surface area contributed by atoms with Gasteiger partial charge in [-0.05, 0) is 87.9 Å². The van der Waals surface area contributed by atoms with Crippen molar-refractivity contribution in [1.82, 2.24) is 4.57 Å². The maximum atomic E-state index is 12.7. The summed E-state index contributed by atoms with van der Waals surface area (Å²) in [6.45, 7) is 16.9. The van der Waals surface area contributed by atoms with E-state index in [1.54, 1.807) is 0 Å². The van der Waals surface area contributed by atoms with Gasteiger partial charge < -0.3 is 14.7 Å². The molecule has 1 amide bonds. The summed E-state index contributed by atoms with van der Waals surface area (Å²) < 4.78 is 2.17. The molecule has 1 aliphatic rings. The summed E-state index contributed by atoms with van der Waals surface area (Å²) >= 11 is 0. The van der Waals surface area contributed by atoms with Crippen molar-refractivity contribution in [2.24, 2.45) is 7.05 Å². The molecule has 0 saturated heterocycles. The van der Waals surface area contributed by atoms with E-state index >= 15 is 0 Å². The van der Waals surface area contributed by atoms with Crippen molar-refractivity contribution in [3.63, 3.8) is 0 Å². The lowest BCUT2D eigenvalue weighted by Crippen LogP contribution is -2.05. The van der Waals surface area contributed by atoms with E-state index in [4.69, 9.17) is 4.79 Å². The van der Waals surface area contributed by atoms with Crippen LogP contribution in [0.1, 0.15) is 50.3 Å². The molecule has 4 heteroatoms. The molecule has 0 radical (unpaired) electrons. The first-order chi connectivity index (χ1) is 12.2. The minimum absolute atomic E-state index is 0.00268. The molecule has 1 aliphatic heterocycles. The van der Waals surface area contributed by atoms with Crippen LogP contribution in [0.5, 0.6) is 0 Å². The van der Waals surface area contributed by atoms with Crippen LogP contribution in [-0.2, 0) is 16.6 Å². The van der Waals surface area contributed by atoms with Crippen LogP contribution < -0.4 is 5.32 Å². The number of nitrogens with one attached hydrogen (secondary N) is 1. The van der Waals surface area contributed by atoms with Crippen LogP contribution in [-0.4, -0.2) is 17.3 Å². The summed E-state index contributed by atoms with van der Waals surface area (Å²) in [5.74, 6) is -0.00268. The second kappa shape index (κ2) is 6.94. The summed E-state index contributed by atoms with van der Waals surface area (Å²) in [6.07, 6.45) is 2.05. The van der Waals surface area contributed by atoms with E-state index in [1.165, 1.54) is 39.1 Å². The van der Waals surface area contributed by atoms with Crippen molar-refractivity contribution < 1.29 is 9.59 Å². The average Bonchev–Trinajstić information content (AvgIpc) is 3.05. The molecule has 0 atom stereocenters. The summed E-state index contributed by atoms with van der Waals surface area (Å²) in [5.41, 5.74) is 12.6. The number of anilines is 1. The second-order valence-corrected chi connectivity index (χ2v) is 7.04. The maximum Gasteiger partial charge on any atom is 0.256 e. The summed E-state index contributed by atoms with van der Waals surface area (Å²) in [7, 11) is 2.06. The normalized spacial score (nSPS) is 14.2. The zero-order valence-corrected chi connectivity index (χ0v) is 17.0. The van der Waals surface area contributed by atoms with Crippen molar-refractivity contribution in [1.29, 1.82) is 0 Å². The van der Waals surface area contributed by atoms with Crippen LogP contribution in [0.4, 0.5) is 5.69 Å². The number of rotatable bonds is 1. The van der Waals surface area contributed by atoms with Gasteiger partial charge in [-0.3, -0.25) is 4.79 Å². The fourth-order valence-corrected chi connectivity index (χ4v) is 3.73. The van der Waals surface area contributed by atoms with Gasteiger partial charge in [0.15, 0.2) is 0 Å². The minimum atomic E-state index is -0.00268. The molecular formula is C22H28N2O2. The van der Waals surface area contributed by atoms with Crippen molar-refractivity contribution in [2.75, 3.05) is 5.32 Å². The molecule has 0 bridgehead atoms. The number of nitrogens with zero attached hydrogens (tertiary/aromatic N) is 1. The molecule has 0 unspecified atom stereocenters. The predicted molar refractivity (Wildman–Crippen MR) is 109 cm³/mol. The van der Waals surface area contributed by atoms with E-state index in [2.05, 4.69) is 71.5 Å². The van der Waals surface area contributed by atoms with Crippen molar-refractivity contribution in [3.8, 4) is 0 Å². The average molecular weight is 352 g/mol. The number of fused-ring (bicyclic) bond motifs is 1. The van der Waals surface area contributed by atoms with Gasteiger partial charge >= 0.3 is 0 Å². The predicted octanol–water partition coefficient (Wildman–Crippen LogP) is 4.49. The largest absolute Gasteiger partial charge is 0.348 e. The Morgan fingerprint density at radius 3 is 1.85 bits per heavy atom. The molecule has 2 aromatic rings. The summed E-state index contributed by atoms with van der Waals surface area (Å²) in [6, 6.07) is 0. The Balaban J connectivity index is 0.00000117.